The van der Waals surface area contributed by atoms with E-state index in [4.69, 9.17) is 4.74 Å². The molecule has 1 aliphatic rings. The molecule has 27 heavy (non-hydrogen) atoms. The SMILES string of the molecule is CC(C)(C)C(=O)Nc1cc(C2CC(OC(=O)NCc3ccccc3)C2)[nH]n1. The van der Waals surface area contributed by atoms with Crippen molar-refractivity contribution in [2.75, 3.05) is 5.32 Å². The number of alkyl carbamates (subject to hydrolysis) is 1. The van der Waals surface area contributed by atoms with E-state index in [1.807, 2.05) is 57.2 Å². The van der Waals surface area contributed by atoms with Gasteiger partial charge in [0.2, 0.25) is 5.91 Å². The van der Waals surface area contributed by atoms with Crippen LogP contribution in [0.2, 0.25) is 0 Å². The number of carbonyl (C=O) groups excluding carboxylic acids is 2. The topological polar surface area (TPSA) is 96.1 Å². The van der Waals surface area contributed by atoms with Gasteiger partial charge in [0, 0.05) is 29.6 Å². The van der Waals surface area contributed by atoms with Crippen molar-refractivity contribution >= 4 is 17.8 Å². The average Bonchev–Trinajstić information content (AvgIpc) is 3.04. The molecule has 1 fully saturated rings. The molecule has 0 spiro atoms. The van der Waals surface area contributed by atoms with Crippen LogP contribution >= 0.6 is 0 Å². The Morgan fingerprint density at radius 2 is 1.93 bits per heavy atom. The maximum absolute atomic E-state index is 12.0. The van der Waals surface area contributed by atoms with Gasteiger partial charge >= 0.3 is 6.09 Å². The summed E-state index contributed by atoms with van der Waals surface area (Å²) in [7, 11) is 0. The van der Waals surface area contributed by atoms with Gasteiger partial charge in [-0.25, -0.2) is 4.79 Å². The summed E-state index contributed by atoms with van der Waals surface area (Å²) in [6, 6.07) is 11.6. The van der Waals surface area contributed by atoms with E-state index in [0.717, 1.165) is 24.1 Å². The van der Waals surface area contributed by atoms with Crippen molar-refractivity contribution < 1.29 is 14.3 Å². The van der Waals surface area contributed by atoms with Crippen LogP contribution in [0.1, 0.15) is 50.8 Å². The molecule has 2 amide bonds. The molecule has 7 heteroatoms. The van der Waals surface area contributed by atoms with E-state index in [0.29, 0.717) is 12.4 Å². The predicted octanol–water partition coefficient (Wildman–Crippen LogP) is 3.57. The summed E-state index contributed by atoms with van der Waals surface area (Å²) in [6.45, 7) is 6.01. The normalized spacial score (nSPS) is 19.1. The molecule has 1 aliphatic carbocycles. The van der Waals surface area contributed by atoms with Gasteiger partial charge in [0.1, 0.15) is 6.10 Å². The van der Waals surface area contributed by atoms with E-state index in [2.05, 4.69) is 20.8 Å². The zero-order valence-electron chi connectivity index (χ0n) is 15.9. The molecule has 1 heterocycles. The highest BCUT2D eigenvalue weighted by atomic mass is 16.6. The predicted molar refractivity (Wildman–Crippen MR) is 102 cm³/mol. The molecular weight excluding hydrogens is 344 g/mol. The van der Waals surface area contributed by atoms with Crippen molar-refractivity contribution in [1.82, 2.24) is 15.5 Å². The fourth-order valence-electron chi connectivity index (χ4n) is 2.79. The molecule has 0 bridgehead atoms. The van der Waals surface area contributed by atoms with Crippen LogP contribution in [0.3, 0.4) is 0 Å². The third-order valence-corrected chi connectivity index (χ3v) is 4.61. The number of aromatic nitrogens is 2. The van der Waals surface area contributed by atoms with Gasteiger partial charge in [-0.2, -0.15) is 5.10 Å². The summed E-state index contributed by atoms with van der Waals surface area (Å²) in [5, 5.41) is 12.7. The Kier molecular flexibility index (Phi) is 5.48. The number of ether oxygens (including phenoxy) is 1. The zero-order chi connectivity index (χ0) is 19.4. The number of nitrogens with zero attached hydrogens (tertiary/aromatic N) is 1. The third kappa shape index (κ3) is 5.09. The number of benzene rings is 1. The Bertz CT molecular complexity index is 789. The molecule has 1 saturated carbocycles. The van der Waals surface area contributed by atoms with Crippen molar-refractivity contribution in [3.05, 3.63) is 47.7 Å². The molecule has 2 aromatic rings. The maximum atomic E-state index is 12.0. The van der Waals surface area contributed by atoms with Crippen LogP contribution < -0.4 is 10.6 Å². The monoisotopic (exact) mass is 370 g/mol. The Balaban J connectivity index is 1.40. The minimum absolute atomic E-state index is 0.0783. The number of hydrogen-bond acceptors (Lipinski definition) is 4. The van der Waals surface area contributed by atoms with E-state index >= 15 is 0 Å². The molecule has 3 rings (SSSR count). The first-order valence-corrected chi connectivity index (χ1v) is 9.16. The van der Waals surface area contributed by atoms with Crippen molar-refractivity contribution in [3.8, 4) is 0 Å². The largest absolute Gasteiger partial charge is 0.446 e. The number of H-pyrrole nitrogens is 1. The highest BCUT2D eigenvalue weighted by Gasteiger charge is 2.34. The highest BCUT2D eigenvalue weighted by molar-refractivity contribution is 5.93. The summed E-state index contributed by atoms with van der Waals surface area (Å²) in [5.74, 6) is 0.699. The molecule has 1 aromatic carbocycles. The van der Waals surface area contributed by atoms with Crippen molar-refractivity contribution in [2.24, 2.45) is 5.41 Å². The lowest BCUT2D eigenvalue weighted by Crippen LogP contribution is -2.36. The number of aromatic amines is 1. The van der Waals surface area contributed by atoms with Gasteiger partial charge in [0.15, 0.2) is 5.82 Å². The minimum atomic E-state index is -0.471. The number of nitrogens with one attached hydrogen (secondary N) is 3. The molecule has 1 aromatic heterocycles. The summed E-state index contributed by atoms with van der Waals surface area (Å²) in [6.07, 6.45) is 0.994. The fraction of sp³-hybridized carbons (Fsp3) is 0.450. The van der Waals surface area contributed by atoms with Crippen LogP contribution in [0.5, 0.6) is 0 Å². The lowest BCUT2D eigenvalue weighted by atomic mass is 9.80. The Labute approximate surface area is 158 Å². The lowest BCUT2D eigenvalue weighted by Gasteiger charge is -2.33. The van der Waals surface area contributed by atoms with Crippen LogP contribution in [-0.4, -0.2) is 28.3 Å². The maximum Gasteiger partial charge on any atom is 0.407 e. The summed E-state index contributed by atoms with van der Waals surface area (Å²) in [4.78, 5) is 23.9. The van der Waals surface area contributed by atoms with Crippen molar-refractivity contribution in [2.45, 2.75) is 52.2 Å². The molecule has 0 aliphatic heterocycles. The smallest absolute Gasteiger partial charge is 0.407 e. The van der Waals surface area contributed by atoms with E-state index in [1.165, 1.54) is 0 Å². The summed E-state index contributed by atoms with van der Waals surface area (Å²) in [5.41, 5.74) is 1.51. The van der Waals surface area contributed by atoms with E-state index in [1.54, 1.807) is 0 Å². The van der Waals surface area contributed by atoms with Crippen LogP contribution in [0.4, 0.5) is 10.6 Å². The van der Waals surface area contributed by atoms with Crippen LogP contribution in [-0.2, 0) is 16.1 Å². The molecule has 0 unspecified atom stereocenters. The second-order valence-electron chi connectivity index (χ2n) is 7.95. The van der Waals surface area contributed by atoms with Crippen molar-refractivity contribution in [3.63, 3.8) is 0 Å². The van der Waals surface area contributed by atoms with Gasteiger partial charge < -0.3 is 15.4 Å². The third-order valence-electron chi connectivity index (χ3n) is 4.61. The van der Waals surface area contributed by atoms with Gasteiger partial charge in [-0.3, -0.25) is 9.89 Å². The summed E-state index contributed by atoms with van der Waals surface area (Å²) >= 11 is 0. The zero-order valence-corrected chi connectivity index (χ0v) is 15.9. The van der Waals surface area contributed by atoms with E-state index < -0.39 is 11.5 Å². The van der Waals surface area contributed by atoms with Gasteiger partial charge in [-0.1, -0.05) is 51.1 Å². The van der Waals surface area contributed by atoms with Crippen LogP contribution in [0, 0.1) is 5.41 Å². The van der Waals surface area contributed by atoms with Gasteiger partial charge in [0.25, 0.3) is 0 Å². The second-order valence-corrected chi connectivity index (χ2v) is 7.95. The molecule has 0 atom stereocenters. The van der Waals surface area contributed by atoms with Crippen LogP contribution in [0.15, 0.2) is 36.4 Å². The molecule has 144 valence electrons. The number of carbonyl (C=O) groups is 2. The fourth-order valence-corrected chi connectivity index (χ4v) is 2.79. The lowest BCUT2D eigenvalue weighted by molar-refractivity contribution is -0.123. The number of rotatable bonds is 5. The standard InChI is InChI=1S/C20H26N4O3/c1-20(2,3)18(25)22-17-11-16(23-24-17)14-9-15(10-14)27-19(26)21-12-13-7-5-4-6-8-13/h4-8,11,14-15H,9-10,12H2,1-3H3,(H,21,26)(H2,22,23,24,25). The molecule has 0 radical (unpaired) electrons. The van der Waals surface area contributed by atoms with Gasteiger partial charge in [-0.05, 0) is 18.4 Å². The first-order chi connectivity index (χ1) is 12.8. The first-order valence-electron chi connectivity index (χ1n) is 9.16. The Hall–Kier alpha value is -2.83. The molecule has 3 N–H and O–H groups in total. The minimum Gasteiger partial charge on any atom is -0.446 e. The number of amides is 2. The first kappa shape index (κ1) is 18.9. The van der Waals surface area contributed by atoms with Gasteiger partial charge in [0.05, 0.1) is 0 Å². The highest BCUT2D eigenvalue weighted by Crippen LogP contribution is 2.38. The second kappa shape index (κ2) is 7.82. The van der Waals surface area contributed by atoms with E-state index in [-0.39, 0.29) is 17.9 Å². The van der Waals surface area contributed by atoms with E-state index in [9.17, 15) is 9.59 Å². The Morgan fingerprint density at radius 1 is 1.22 bits per heavy atom. The number of anilines is 1. The Morgan fingerprint density at radius 3 is 2.59 bits per heavy atom. The van der Waals surface area contributed by atoms with Crippen molar-refractivity contribution in [1.29, 1.82) is 0 Å². The molecular formula is C20H26N4O3. The average molecular weight is 370 g/mol. The molecule has 0 saturated heterocycles. The van der Waals surface area contributed by atoms with Gasteiger partial charge in [-0.15, -0.1) is 0 Å². The summed E-state index contributed by atoms with van der Waals surface area (Å²) < 4.78 is 5.42. The number of hydrogen-bond donors (Lipinski definition) is 3. The molecule has 7 nitrogen and oxygen atoms in total. The van der Waals surface area contributed by atoms with Crippen LogP contribution in [0.25, 0.3) is 0 Å². The quantitative estimate of drug-likeness (QED) is 0.750.